The lowest BCUT2D eigenvalue weighted by Gasteiger charge is -2.10. The summed E-state index contributed by atoms with van der Waals surface area (Å²) in [4.78, 5) is 29.5. The molecule has 0 atom stereocenters. The Hall–Kier alpha value is -3.52. The standard InChI is InChI=1S/C22H20N4O3S/c1-14-7-6-10-18(15(14)2)29-13-19(27)23-12-17-11-20(28)26-22(24-17)30-21(25-26)16-8-4-3-5-9-16/h3-11H,12-13H2,1-2H3,(H,23,27). The summed E-state index contributed by atoms with van der Waals surface area (Å²) in [6.45, 7) is 3.97. The largest absolute Gasteiger partial charge is 0.483 e. The molecular weight excluding hydrogens is 400 g/mol. The van der Waals surface area contributed by atoms with E-state index in [0.29, 0.717) is 21.4 Å². The molecule has 0 saturated carbocycles. The monoisotopic (exact) mass is 420 g/mol. The van der Waals surface area contributed by atoms with Gasteiger partial charge < -0.3 is 10.1 Å². The van der Waals surface area contributed by atoms with Crippen molar-refractivity contribution in [3.05, 3.63) is 81.8 Å². The molecule has 2 aromatic heterocycles. The first-order chi connectivity index (χ1) is 14.5. The third kappa shape index (κ3) is 4.23. The van der Waals surface area contributed by atoms with E-state index in [9.17, 15) is 9.59 Å². The van der Waals surface area contributed by atoms with Gasteiger partial charge in [-0.3, -0.25) is 9.59 Å². The SMILES string of the molecule is Cc1cccc(OCC(=O)NCc2cc(=O)n3nc(-c4ccccc4)sc3n2)c1C. The fourth-order valence-corrected chi connectivity index (χ4v) is 3.84. The molecule has 0 fully saturated rings. The minimum Gasteiger partial charge on any atom is -0.483 e. The van der Waals surface area contributed by atoms with Gasteiger partial charge in [0.1, 0.15) is 10.8 Å². The van der Waals surface area contributed by atoms with E-state index in [2.05, 4.69) is 15.4 Å². The highest BCUT2D eigenvalue weighted by Gasteiger charge is 2.12. The van der Waals surface area contributed by atoms with E-state index in [4.69, 9.17) is 4.74 Å². The molecule has 0 aliphatic rings. The Kier molecular flexibility index (Phi) is 5.58. The van der Waals surface area contributed by atoms with Crippen molar-refractivity contribution in [3.63, 3.8) is 0 Å². The minimum absolute atomic E-state index is 0.107. The van der Waals surface area contributed by atoms with Gasteiger partial charge in [-0.15, -0.1) is 0 Å². The molecular formula is C22H20N4O3S. The summed E-state index contributed by atoms with van der Waals surface area (Å²) in [6.07, 6.45) is 0. The number of nitrogens with zero attached hydrogens (tertiary/aromatic N) is 3. The number of benzene rings is 2. The summed E-state index contributed by atoms with van der Waals surface area (Å²) in [6, 6.07) is 16.7. The second-order valence-electron chi connectivity index (χ2n) is 6.82. The molecule has 0 radical (unpaired) electrons. The van der Waals surface area contributed by atoms with Crippen LogP contribution in [0.1, 0.15) is 16.8 Å². The van der Waals surface area contributed by atoms with Crippen LogP contribution in [0, 0.1) is 13.8 Å². The lowest BCUT2D eigenvalue weighted by atomic mass is 10.1. The first-order valence-corrected chi connectivity index (χ1v) is 10.2. The Morgan fingerprint density at radius 1 is 1.13 bits per heavy atom. The first-order valence-electron chi connectivity index (χ1n) is 9.42. The fourth-order valence-electron chi connectivity index (χ4n) is 2.91. The lowest BCUT2D eigenvalue weighted by Crippen LogP contribution is -2.29. The number of hydrogen-bond donors (Lipinski definition) is 1. The normalized spacial score (nSPS) is 10.9. The van der Waals surface area contributed by atoms with Crippen LogP contribution in [-0.4, -0.2) is 27.1 Å². The van der Waals surface area contributed by atoms with E-state index in [1.165, 1.54) is 21.9 Å². The van der Waals surface area contributed by atoms with Crippen molar-refractivity contribution in [1.82, 2.24) is 19.9 Å². The van der Waals surface area contributed by atoms with Crippen molar-refractivity contribution >= 4 is 22.2 Å². The average molecular weight is 420 g/mol. The van der Waals surface area contributed by atoms with Gasteiger partial charge in [-0.25, -0.2) is 4.98 Å². The number of carbonyl (C=O) groups is 1. The second kappa shape index (κ2) is 8.46. The average Bonchev–Trinajstić information content (AvgIpc) is 3.19. The molecule has 7 nitrogen and oxygen atoms in total. The van der Waals surface area contributed by atoms with Crippen LogP contribution in [0.2, 0.25) is 0 Å². The van der Waals surface area contributed by atoms with Crippen LogP contribution in [0.4, 0.5) is 0 Å². The molecule has 4 aromatic rings. The van der Waals surface area contributed by atoms with Gasteiger partial charge in [0, 0.05) is 11.6 Å². The van der Waals surface area contributed by atoms with Gasteiger partial charge >= 0.3 is 0 Å². The maximum Gasteiger partial charge on any atom is 0.275 e. The van der Waals surface area contributed by atoms with Crippen LogP contribution in [0.15, 0.2) is 59.4 Å². The van der Waals surface area contributed by atoms with Gasteiger partial charge in [0.25, 0.3) is 11.5 Å². The van der Waals surface area contributed by atoms with Crippen molar-refractivity contribution in [2.45, 2.75) is 20.4 Å². The van der Waals surface area contributed by atoms with E-state index in [1.807, 2.05) is 62.4 Å². The molecule has 0 aliphatic carbocycles. The number of ether oxygens (including phenoxy) is 1. The number of hydrogen-bond acceptors (Lipinski definition) is 6. The Labute approximate surface area is 177 Å². The van der Waals surface area contributed by atoms with E-state index in [1.54, 1.807) is 0 Å². The summed E-state index contributed by atoms with van der Waals surface area (Å²) >= 11 is 1.33. The van der Waals surface area contributed by atoms with Crippen LogP contribution in [-0.2, 0) is 11.3 Å². The van der Waals surface area contributed by atoms with Gasteiger partial charge in [-0.2, -0.15) is 9.61 Å². The molecule has 4 rings (SSSR count). The Morgan fingerprint density at radius 3 is 2.73 bits per heavy atom. The van der Waals surface area contributed by atoms with E-state index < -0.39 is 0 Å². The number of rotatable bonds is 6. The quantitative estimate of drug-likeness (QED) is 0.518. The molecule has 0 saturated heterocycles. The first kappa shape index (κ1) is 19.8. The molecule has 0 bridgehead atoms. The van der Waals surface area contributed by atoms with E-state index >= 15 is 0 Å². The molecule has 0 aliphatic heterocycles. The van der Waals surface area contributed by atoms with Crippen molar-refractivity contribution in [2.24, 2.45) is 0 Å². The van der Waals surface area contributed by atoms with Crippen LogP contribution in [0.3, 0.4) is 0 Å². The highest BCUT2D eigenvalue weighted by atomic mass is 32.1. The molecule has 2 heterocycles. The molecule has 8 heteroatoms. The van der Waals surface area contributed by atoms with Crippen LogP contribution in [0.25, 0.3) is 15.5 Å². The molecule has 1 amide bonds. The highest BCUT2D eigenvalue weighted by Crippen LogP contribution is 2.24. The maximum absolute atomic E-state index is 12.4. The number of amides is 1. The zero-order valence-corrected chi connectivity index (χ0v) is 17.4. The van der Waals surface area contributed by atoms with E-state index in [-0.39, 0.29) is 24.6 Å². The minimum atomic E-state index is -0.285. The van der Waals surface area contributed by atoms with Crippen LogP contribution >= 0.6 is 11.3 Å². The predicted molar refractivity (Wildman–Crippen MR) is 116 cm³/mol. The van der Waals surface area contributed by atoms with Gasteiger partial charge in [0.15, 0.2) is 6.61 Å². The highest BCUT2D eigenvalue weighted by molar-refractivity contribution is 7.19. The number of carbonyl (C=O) groups excluding carboxylic acids is 1. The third-order valence-electron chi connectivity index (χ3n) is 4.70. The van der Waals surface area contributed by atoms with Crippen molar-refractivity contribution < 1.29 is 9.53 Å². The van der Waals surface area contributed by atoms with E-state index in [0.717, 1.165) is 16.7 Å². The number of aromatic nitrogens is 3. The van der Waals surface area contributed by atoms with Gasteiger partial charge in [0.2, 0.25) is 4.96 Å². The van der Waals surface area contributed by atoms with Crippen LogP contribution < -0.4 is 15.6 Å². The smallest absolute Gasteiger partial charge is 0.275 e. The Bertz CT molecular complexity index is 1260. The molecule has 0 spiro atoms. The zero-order valence-electron chi connectivity index (χ0n) is 16.6. The van der Waals surface area contributed by atoms with Crippen molar-refractivity contribution in [3.8, 4) is 16.3 Å². The summed E-state index contributed by atoms with van der Waals surface area (Å²) in [5, 5.41) is 7.80. The molecule has 152 valence electrons. The molecule has 30 heavy (non-hydrogen) atoms. The Morgan fingerprint density at radius 2 is 1.93 bits per heavy atom. The van der Waals surface area contributed by atoms with Crippen molar-refractivity contribution in [2.75, 3.05) is 6.61 Å². The maximum atomic E-state index is 12.4. The predicted octanol–water partition coefficient (Wildman–Crippen LogP) is 3.13. The number of nitrogens with one attached hydrogen (secondary N) is 1. The number of aryl methyl sites for hydroxylation is 1. The molecule has 0 unspecified atom stereocenters. The van der Waals surface area contributed by atoms with Crippen molar-refractivity contribution in [1.29, 1.82) is 0 Å². The lowest BCUT2D eigenvalue weighted by molar-refractivity contribution is -0.123. The second-order valence-corrected chi connectivity index (χ2v) is 7.77. The summed E-state index contributed by atoms with van der Waals surface area (Å²) < 4.78 is 6.89. The third-order valence-corrected chi connectivity index (χ3v) is 5.66. The van der Waals surface area contributed by atoms with Gasteiger partial charge in [-0.1, -0.05) is 53.8 Å². The van der Waals surface area contributed by atoms with Gasteiger partial charge in [-0.05, 0) is 31.0 Å². The number of fused-ring (bicyclic) bond motifs is 1. The molecule has 1 N–H and O–H groups in total. The molecule has 2 aromatic carbocycles. The van der Waals surface area contributed by atoms with Crippen LogP contribution in [0.5, 0.6) is 5.75 Å². The summed E-state index contributed by atoms with van der Waals surface area (Å²) in [5.74, 6) is 0.397. The topological polar surface area (TPSA) is 85.6 Å². The van der Waals surface area contributed by atoms with Gasteiger partial charge in [0.05, 0.1) is 12.2 Å². The Balaban J connectivity index is 1.43. The summed E-state index contributed by atoms with van der Waals surface area (Å²) in [5.41, 5.74) is 3.22. The summed E-state index contributed by atoms with van der Waals surface area (Å²) in [7, 11) is 0. The fraction of sp³-hybridized carbons (Fsp3) is 0.182. The zero-order chi connectivity index (χ0) is 21.1.